The van der Waals surface area contributed by atoms with E-state index in [2.05, 4.69) is 50.3 Å². The molecule has 0 radical (unpaired) electrons. The number of nitrogens with zero attached hydrogens (tertiary/aromatic N) is 4. The van der Waals surface area contributed by atoms with Crippen LogP contribution in [0.25, 0.3) is 27.4 Å². The van der Waals surface area contributed by atoms with E-state index < -0.39 is 5.97 Å². The Balaban J connectivity index is 1.38. The largest absolute Gasteiger partial charge is 0.478 e. The minimum Gasteiger partial charge on any atom is -0.478 e. The molecule has 0 saturated heterocycles. The van der Waals surface area contributed by atoms with E-state index in [1.807, 2.05) is 36.7 Å². The van der Waals surface area contributed by atoms with Crippen LogP contribution in [0.2, 0.25) is 0 Å². The number of amides is 1. The summed E-state index contributed by atoms with van der Waals surface area (Å²) in [6.45, 7) is 1.86. The highest BCUT2D eigenvalue weighted by Crippen LogP contribution is 2.27. The summed E-state index contributed by atoms with van der Waals surface area (Å²) in [5, 5.41) is 25.3. The van der Waals surface area contributed by atoms with Gasteiger partial charge < -0.3 is 10.4 Å². The second-order valence-electron chi connectivity index (χ2n) is 9.37. The average Bonchev–Trinajstić information content (AvgIpc) is 3.63. The topological polar surface area (TPSA) is 109 Å². The maximum Gasteiger partial charge on any atom is 0.335 e. The van der Waals surface area contributed by atoms with Crippen LogP contribution in [0.5, 0.6) is 0 Å². The van der Waals surface area contributed by atoms with Crippen LogP contribution in [0.1, 0.15) is 50.5 Å². The molecule has 6 aromatic rings. The zero-order valence-corrected chi connectivity index (χ0v) is 21.7. The first kappa shape index (κ1) is 24.4. The van der Waals surface area contributed by atoms with Crippen molar-refractivity contribution in [1.29, 1.82) is 0 Å². The van der Waals surface area contributed by atoms with Gasteiger partial charge in [0.15, 0.2) is 0 Å². The van der Waals surface area contributed by atoms with Gasteiger partial charge >= 0.3 is 5.97 Å². The van der Waals surface area contributed by atoms with E-state index in [0.717, 1.165) is 33.0 Å². The molecular weight excluding hydrogens is 510 g/mol. The van der Waals surface area contributed by atoms with Crippen molar-refractivity contribution in [2.75, 3.05) is 0 Å². The maximum atomic E-state index is 13.7. The molecule has 0 aliphatic heterocycles. The van der Waals surface area contributed by atoms with Gasteiger partial charge in [0.2, 0.25) is 0 Å². The monoisotopic (exact) mass is 533 g/mol. The normalized spacial score (nSPS) is 12.0. The Morgan fingerprint density at radius 3 is 2.54 bits per heavy atom. The average molecular weight is 534 g/mol. The smallest absolute Gasteiger partial charge is 0.335 e. The number of benzene rings is 3. The van der Waals surface area contributed by atoms with E-state index in [4.69, 9.17) is 0 Å². The fourth-order valence-corrected chi connectivity index (χ4v) is 5.25. The van der Waals surface area contributed by atoms with Crippen LogP contribution in [-0.2, 0) is 6.42 Å². The van der Waals surface area contributed by atoms with Crippen LogP contribution < -0.4 is 5.32 Å². The number of rotatable bonds is 7. The predicted molar refractivity (Wildman–Crippen MR) is 150 cm³/mol. The molecular formula is C30H23N5O3S. The molecule has 1 atom stereocenters. The van der Waals surface area contributed by atoms with Gasteiger partial charge in [-0.3, -0.25) is 4.79 Å². The molecule has 1 amide bonds. The molecule has 39 heavy (non-hydrogen) atoms. The fourth-order valence-electron chi connectivity index (χ4n) is 4.70. The summed E-state index contributed by atoms with van der Waals surface area (Å²) in [5.74, 6) is -1.27. The second-order valence-corrected chi connectivity index (χ2v) is 10.0. The molecule has 3 aromatic heterocycles. The van der Waals surface area contributed by atoms with Crippen molar-refractivity contribution in [3.05, 3.63) is 119 Å². The third kappa shape index (κ3) is 4.87. The second kappa shape index (κ2) is 10.1. The van der Waals surface area contributed by atoms with Crippen molar-refractivity contribution in [2.24, 2.45) is 0 Å². The Morgan fingerprint density at radius 1 is 1.00 bits per heavy atom. The lowest BCUT2D eigenvalue weighted by Crippen LogP contribution is -2.27. The van der Waals surface area contributed by atoms with Crippen LogP contribution in [0.3, 0.4) is 0 Å². The highest BCUT2D eigenvalue weighted by Gasteiger charge is 2.21. The van der Waals surface area contributed by atoms with E-state index in [-0.39, 0.29) is 17.5 Å². The number of carbonyl (C=O) groups is 2. The van der Waals surface area contributed by atoms with Gasteiger partial charge in [0.25, 0.3) is 5.91 Å². The number of carboxylic acids is 1. The van der Waals surface area contributed by atoms with Crippen molar-refractivity contribution in [3.63, 3.8) is 0 Å². The first-order valence-corrected chi connectivity index (χ1v) is 13.2. The van der Waals surface area contributed by atoms with E-state index in [1.165, 1.54) is 23.7 Å². The Bertz CT molecular complexity index is 1830. The Morgan fingerprint density at radius 2 is 1.79 bits per heavy atom. The SMILES string of the molecule is C[C@H](NC(=O)c1cc(-c2cnsc2)cn2nnc(Cc3ccc4ccccc4c3)c12)c1ccc(C(=O)O)cc1. The van der Waals surface area contributed by atoms with Gasteiger partial charge in [-0.15, -0.1) is 5.10 Å². The standard InChI is InChI=1S/C30H23N5O3S/c1-18(20-8-10-22(11-9-20)30(37)38)32-29(36)26-14-24(25-15-31-39-17-25)16-35-28(26)27(33-34-35)13-19-6-7-21-4-2-3-5-23(21)12-19/h2-12,14-18H,13H2,1H3,(H,32,36)(H,37,38)/t18-/m0/s1. The van der Waals surface area contributed by atoms with E-state index in [1.54, 1.807) is 22.8 Å². The minimum absolute atomic E-state index is 0.194. The molecule has 2 N–H and O–H groups in total. The summed E-state index contributed by atoms with van der Waals surface area (Å²) in [6, 6.07) is 22.5. The van der Waals surface area contributed by atoms with Crippen molar-refractivity contribution < 1.29 is 14.7 Å². The summed E-state index contributed by atoms with van der Waals surface area (Å²) in [6.07, 6.45) is 4.13. The van der Waals surface area contributed by atoms with Crippen LogP contribution >= 0.6 is 11.5 Å². The van der Waals surface area contributed by atoms with Gasteiger partial charge in [-0.1, -0.05) is 59.8 Å². The Hall–Kier alpha value is -4.89. The number of carboxylic acid groups (broad SMARTS) is 1. The van der Waals surface area contributed by atoms with Crippen molar-refractivity contribution in [1.82, 2.24) is 24.5 Å². The lowest BCUT2D eigenvalue weighted by atomic mass is 10.0. The minimum atomic E-state index is -0.993. The summed E-state index contributed by atoms with van der Waals surface area (Å²) < 4.78 is 5.86. The zero-order chi connectivity index (χ0) is 26.9. The highest BCUT2D eigenvalue weighted by molar-refractivity contribution is 7.03. The van der Waals surface area contributed by atoms with Gasteiger partial charge in [-0.25, -0.2) is 13.7 Å². The molecule has 0 aliphatic rings. The van der Waals surface area contributed by atoms with Gasteiger partial charge in [-0.2, -0.15) is 0 Å². The predicted octanol–water partition coefficient (Wildman–Crippen LogP) is 5.79. The van der Waals surface area contributed by atoms with E-state index in [9.17, 15) is 14.7 Å². The third-order valence-electron chi connectivity index (χ3n) is 6.78. The Kier molecular flexibility index (Phi) is 6.34. The van der Waals surface area contributed by atoms with Gasteiger partial charge in [0.1, 0.15) is 5.52 Å². The highest BCUT2D eigenvalue weighted by atomic mass is 32.1. The number of aromatic carboxylic acids is 1. The van der Waals surface area contributed by atoms with Crippen molar-refractivity contribution >= 4 is 39.7 Å². The number of pyridine rings is 1. The van der Waals surface area contributed by atoms with Gasteiger partial charge in [0, 0.05) is 35.3 Å². The van der Waals surface area contributed by atoms with Crippen LogP contribution in [0.4, 0.5) is 0 Å². The van der Waals surface area contributed by atoms with Crippen molar-refractivity contribution in [2.45, 2.75) is 19.4 Å². The number of fused-ring (bicyclic) bond motifs is 2. The molecule has 0 bridgehead atoms. The number of nitrogens with one attached hydrogen (secondary N) is 1. The summed E-state index contributed by atoms with van der Waals surface area (Å²) in [5.41, 5.74) is 5.55. The van der Waals surface area contributed by atoms with Crippen LogP contribution in [0, 0.1) is 0 Å². The van der Waals surface area contributed by atoms with Crippen molar-refractivity contribution in [3.8, 4) is 11.1 Å². The first-order valence-electron chi connectivity index (χ1n) is 12.4. The molecule has 192 valence electrons. The number of carbonyl (C=O) groups excluding carboxylic acids is 1. The summed E-state index contributed by atoms with van der Waals surface area (Å²) in [7, 11) is 0. The van der Waals surface area contributed by atoms with Crippen LogP contribution in [-0.4, -0.2) is 36.2 Å². The molecule has 0 saturated carbocycles. The fraction of sp³-hybridized carbons (Fsp3) is 0.100. The first-order chi connectivity index (χ1) is 19.0. The number of hydrogen-bond donors (Lipinski definition) is 2. The van der Waals surface area contributed by atoms with Gasteiger partial charge in [-0.05, 0) is 58.6 Å². The molecule has 0 spiro atoms. The summed E-state index contributed by atoms with van der Waals surface area (Å²) >= 11 is 1.34. The molecule has 3 heterocycles. The molecule has 8 nitrogen and oxygen atoms in total. The van der Waals surface area contributed by atoms with Crippen LogP contribution in [0.15, 0.2) is 90.6 Å². The molecule has 0 aliphatic carbocycles. The lowest BCUT2D eigenvalue weighted by molar-refractivity contribution is 0.0696. The molecule has 3 aromatic carbocycles. The molecule has 0 fully saturated rings. The zero-order valence-electron chi connectivity index (χ0n) is 20.9. The van der Waals surface area contributed by atoms with E-state index in [0.29, 0.717) is 23.2 Å². The molecule has 9 heteroatoms. The molecule has 0 unspecified atom stereocenters. The Labute approximate surface area is 227 Å². The van der Waals surface area contributed by atoms with E-state index >= 15 is 0 Å². The maximum absolute atomic E-state index is 13.7. The quantitative estimate of drug-likeness (QED) is 0.269. The lowest BCUT2D eigenvalue weighted by Gasteiger charge is -2.16. The third-order valence-corrected chi connectivity index (χ3v) is 7.37. The summed E-state index contributed by atoms with van der Waals surface area (Å²) in [4.78, 5) is 24.9. The molecule has 6 rings (SSSR count). The van der Waals surface area contributed by atoms with Gasteiger partial charge in [0.05, 0.1) is 22.9 Å². The number of hydrogen-bond acceptors (Lipinski definition) is 6. The number of aromatic nitrogens is 4.